The molecule has 7 heteroatoms. The van der Waals surface area contributed by atoms with E-state index in [1.54, 1.807) is 6.08 Å². The van der Waals surface area contributed by atoms with Gasteiger partial charge in [-0.2, -0.15) is 0 Å². The molecule has 0 radical (unpaired) electrons. The van der Waals surface area contributed by atoms with Gasteiger partial charge in [-0.25, -0.2) is 0 Å². The van der Waals surface area contributed by atoms with Gasteiger partial charge < -0.3 is 20.1 Å². The summed E-state index contributed by atoms with van der Waals surface area (Å²) in [5, 5.41) is 31.3. The summed E-state index contributed by atoms with van der Waals surface area (Å²) in [6, 6.07) is 0. The van der Waals surface area contributed by atoms with Crippen LogP contribution in [-0.4, -0.2) is 57.3 Å². The van der Waals surface area contributed by atoms with Gasteiger partial charge in [-0.3, -0.25) is 14.4 Å². The molecule has 4 rings (SSSR count). The zero-order chi connectivity index (χ0) is 29.3. The van der Waals surface area contributed by atoms with Crippen LogP contribution in [0.15, 0.2) is 23.8 Å². The van der Waals surface area contributed by atoms with Gasteiger partial charge in [0.15, 0.2) is 11.6 Å². The van der Waals surface area contributed by atoms with Crippen LogP contribution in [-0.2, 0) is 19.1 Å². The second-order valence-electron chi connectivity index (χ2n) is 14.5. The van der Waals surface area contributed by atoms with Crippen LogP contribution in [0.5, 0.6) is 0 Å². The predicted octanol–water partition coefficient (Wildman–Crippen LogP) is 4.18. The number of carbonyl (C=O) groups excluding carboxylic acids is 3. The Hall–Kier alpha value is -1.83. The highest BCUT2D eigenvalue weighted by molar-refractivity contribution is 5.95. The van der Waals surface area contributed by atoms with E-state index in [0.29, 0.717) is 12.8 Å². The highest BCUT2D eigenvalue weighted by Gasteiger charge is 2.68. The molecule has 0 spiro atoms. The van der Waals surface area contributed by atoms with E-state index in [0.717, 1.165) is 12.8 Å². The number of hydrogen-bond acceptors (Lipinski definition) is 7. The third-order valence-electron chi connectivity index (χ3n) is 11.5. The molecule has 218 valence electrons. The first kappa shape index (κ1) is 30.1. The second-order valence-corrected chi connectivity index (χ2v) is 14.5. The fourth-order valence-corrected chi connectivity index (χ4v) is 9.53. The molecule has 2 saturated carbocycles. The lowest BCUT2D eigenvalue weighted by atomic mass is 9.38. The Morgan fingerprint density at radius 2 is 1.79 bits per heavy atom. The lowest BCUT2D eigenvalue weighted by Crippen LogP contribution is -2.64. The van der Waals surface area contributed by atoms with Crippen LogP contribution in [0, 0.1) is 45.3 Å². The zero-order valence-electron chi connectivity index (χ0n) is 24.9. The first-order valence-corrected chi connectivity index (χ1v) is 14.5. The van der Waals surface area contributed by atoms with E-state index in [4.69, 9.17) is 4.74 Å². The van der Waals surface area contributed by atoms with E-state index in [-0.39, 0.29) is 59.3 Å². The summed E-state index contributed by atoms with van der Waals surface area (Å²) >= 11 is 0. The van der Waals surface area contributed by atoms with Gasteiger partial charge in [0.1, 0.15) is 17.8 Å². The first-order valence-electron chi connectivity index (χ1n) is 14.5. The van der Waals surface area contributed by atoms with Crippen molar-refractivity contribution in [3.8, 4) is 0 Å². The Labute approximate surface area is 233 Å². The van der Waals surface area contributed by atoms with Gasteiger partial charge in [0.25, 0.3) is 0 Å². The maximum Gasteiger partial charge on any atom is 0.302 e. The molecule has 5 unspecified atom stereocenters. The zero-order valence-corrected chi connectivity index (χ0v) is 24.9. The Balaban J connectivity index is 1.73. The number of ketones is 2. The van der Waals surface area contributed by atoms with E-state index < -0.39 is 34.4 Å². The van der Waals surface area contributed by atoms with E-state index >= 15 is 0 Å². The molecule has 0 saturated heterocycles. The average Bonchev–Trinajstić information content (AvgIpc) is 3.18. The van der Waals surface area contributed by atoms with Crippen molar-refractivity contribution in [3.63, 3.8) is 0 Å². The minimum absolute atomic E-state index is 0.0112. The van der Waals surface area contributed by atoms with Crippen LogP contribution >= 0.6 is 0 Å². The summed E-state index contributed by atoms with van der Waals surface area (Å²) in [4.78, 5) is 37.9. The number of esters is 1. The van der Waals surface area contributed by atoms with Crippen molar-refractivity contribution < 1.29 is 34.4 Å². The molecule has 39 heavy (non-hydrogen) atoms. The van der Waals surface area contributed by atoms with Crippen LogP contribution in [0.2, 0.25) is 0 Å². The first-order chi connectivity index (χ1) is 17.8. The minimum Gasteiger partial charge on any atom is -0.462 e. The Kier molecular flexibility index (Phi) is 7.44. The van der Waals surface area contributed by atoms with Crippen molar-refractivity contribution in [1.29, 1.82) is 0 Å². The van der Waals surface area contributed by atoms with Gasteiger partial charge in [-0.1, -0.05) is 52.3 Å². The predicted molar refractivity (Wildman–Crippen MR) is 147 cm³/mol. The van der Waals surface area contributed by atoms with E-state index in [9.17, 15) is 29.7 Å². The maximum atomic E-state index is 13.0. The van der Waals surface area contributed by atoms with Crippen molar-refractivity contribution >= 4 is 17.5 Å². The molecule has 0 aromatic rings. The lowest BCUT2D eigenvalue weighted by Gasteiger charge is -2.66. The van der Waals surface area contributed by atoms with Crippen molar-refractivity contribution in [2.45, 2.75) is 105 Å². The van der Waals surface area contributed by atoms with Gasteiger partial charge in [0.05, 0.1) is 0 Å². The van der Waals surface area contributed by atoms with Gasteiger partial charge in [-0.05, 0) is 86.5 Å². The van der Waals surface area contributed by atoms with Crippen LogP contribution in [0.3, 0.4) is 0 Å². The van der Waals surface area contributed by atoms with E-state index in [2.05, 4.69) is 32.9 Å². The standard InChI is InChI=1S/C32H48O7/c1-18(34)39-26-16-24-28(2,3)25(36)12-14-31(24,7)23-11-13-30(6)20(9-10-22(30)32(23,26)8)19(17-33)15-21(35)27(37)29(4,5)38/h10,12,14,19-21,23-24,26,33,35,38H,9,11,13,15-17H2,1-8H3/t19-,20?,21-,23?,24?,26?,30?,31+,32-/m0/s1. The summed E-state index contributed by atoms with van der Waals surface area (Å²) in [5.74, 6) is -1.04. The molecule has 0 amide bonds. The molecule has 0 aliphatic heterocycles. The van der Waals surface area contributed by atoms with Crippen molar-refractivity contribution in [2.75, 3.05) is 6.61 Å². The number of allylic oxidation sites excluding steroid dienone is 3. The van der Waals surface area contributed by atoms with Crippen LogP contribution < -0.4 is 0 Å². The Morgan fingerprint density at radius 3 is 2.36 bits per heavy atom. The van der Waals surface area contributed by atoms with Gasteiger partial charge >= 0.3 is 5.97 Å². The lowest BCUT2D eigenvalue weighted by molar-refractivity contribution is -0.188. The number of carbonyl (C=O) groups is 3. The fourth-order valence-electron chi connectivity index (χ4n) is 9.53. The fraction of sp³-hybridized carbons (Fsp3) is 0.781. The van der Waals surface area contributed by atoms with E-state index in [1.165, 1.54) is 26.3 Å². The number of aliphatic hydroxyl groups is 3. The Morgan fingerprint density at radius 1 is 1.15 bits per heavy atom. The Bertz CT molecular complexity index is 1100. The molecule has 7 nitrogen and oxygen atoms in total. The van der Waals surface area contributed by atoms with Crippen LogP contribution in [0.4, 0.5) is 0 Å². The highest BCUT2D eigenvalue weighted by Crippen LogP contribution is 2.72. The normalized spacial score (nSPS) is 40.6. The molecule has 3 N–H and O–H groups in total. The molecule has 4 aliphatic rings. The smallest absolute Gasteiger partial charge is 0.302 e. The number of Topliss-reactive ketones (excluding diaryl/α,β-unsaturated/α-hetero) is 1. The second kappa shape index (κ2) is 9.63. The summed E-state index contributed by atoms with van der Waals surface area (Å²) in [5.41, 5.74) is -2.03. The van der Waals surface area contributed by atoms with Crippen molar-refractivity contribution in [3.05, 3.63) is 23.8 Å². The largest absolute Gasteiger partial charge is 0.462 e. The van der Waals surface area contributed by atoms with Gasteiger partial charge in [-0.15, -0.1) is 0 Å². The quantitative estimate of drug-likeness (QED) is 0.325. The third kappa shape index (κ3) is 4.47. The van der Waals surface area contributed by atoms with Gasteiger partial charge in [0, 0.05) is 24.4 Å². The van der Waals surface area contributed by atoms with Crippen LogP contribution in [0.1, 0.15) is 87.5 Å². The molecule has 0 aromatic heterocycles. The summed E-state index contributed by atoms with van der Waals surface area (Å²) < 4.78 is 6.12. The molecule has 0 bridgehead atoms. The van der Waals surface area contributed by atoms with Crippen LogP contribution in [0.25, 0.3) is 0 Å². The number of aliphatic hydroxyl groups excluding tert-OH is 2. The summed E-state index contributed by atoms with van der Waals surface area (Å²) in [6.07, 6.45) is 7.44. The molecular weight excluding hydrogens is 496 g/mol. The minimum atomic E-state index is -1.65. The number of fused-ring (bicyclic) bond motifs is 5. The molecule has 0 aromatic carbocycles. The summed E-state index contributed by atoms with van der Waals surface area (Å²) in [6.45, 7) is 14.7. The number of ether oxygens (including phenoxy) is 1. The summed E-state index contributed by atoms with van der Waals surface area (Å²) in [7, 11) is 0. The van der Waals surface area contributed by atoms with Crippen molar-refractivity contribution in [1.82, 2.24) is 0 Å². The monoisotopic (exact) mass is 544 g/mol. The molecule has 2 fully saturated rings. The van der Waals surface area contributed by atoms with Crippen molar-refractivity contribution in [2.24, 2.45) is 45.3 Å². The molecule has 0 heterocycles. The SMILES string of the molecule is CC(=O)OC1CC2C(C)(C)C(=O)C=C[C@]2(C)C2CCC3(C)C(=CCC3[C@H](CO)C[C@H](O)C(=O)C(C)(C)O)[C@]12C. The van der Waals surface area contributed by atoms with E-state index in [1.807, 2.05) is 13.8 Å². The topological polar surface area (TPSA) is 121 Å². The molecular formula is C32H48O7. The average molecular weight is 545 g/mol. The van der Waals surface area contributed by atoms with Gasteiger partial charge in [0.2, 0.25) is 0 Å². The number of rotatable bonds is 7. The molecule has 9 atom stereocenters. The third-order valence-corrected chi connectivity index (χ3v) is 11.5. The molecule has 4 aliphatic carbocycles. The number of hydrogen-bond donors (Lipinski definition) is 3. The maximum absolute atomic E-state index is 13.0. The highest BCUT2D eigenvalue weighted by atomic mass is 16.5.